The van der Waals surface area contributed by atoms with Crippen LogP contribution in [0.2, 0.25) is 0 Å². The highest BCUT2D eigenvalue weighted by atomic mass is 31.1. The number of hydrogen-bond acceptors (Lipinski definition) is 7. The van der Waals surface area contributed by atoms with Crippen molar-refractivity contribution in [3.05, 3.63) is 0 Å². The summed E-state index contributed by atoms with van der Waals surface area (Å²) in [7, 11) is -6.81. The maximum Gasteiger partial charge on any atom is 0.494 e. The molecule has 0 spiro atoms. The number of aliphatic hydroxyl groups is 1. The number of rotatable bonds is 6. The maximum absolute atomic E-state index is 10.5. The normalized spacial score (nSPS) is 27.7. The first-order valence-corrected chi connectivity index (χ1v) is 7.70. The van der Waals surface area contributed by atoms with Crippen molar-refractivity contribution >= 4 is 16.5 Å². The van der Waals surface area contributed by atoms with Crippen LogP contribution in [0.4, 0.5) is 0 Å². The Bertz CT molecular complexity index is 328. The van der Waals surface area contributed by atoms with E-state index in [9.17, 15) is 24.0 Å². The summed E-state index contributed by atoms with van der Waals surface area (Å²) < 4.78 is 29.3. The average Bonchev–Trinajstić information content (AvgIpc) is 2.40. The lowest BCUT2D eigenvalue weighted by Crippen LogP contribution is -2.35. The van der Waals surface area contributed by atoms with Crippen molar-refractivity contribution < 1.29 is 33.1 Å². The van der Waals surface area contributed by atoms with Gasteiger partial charge in [-0.1, -0.05) is 22.9 Å². The Hall–Kier alpha value is -0.0000000000000000763. The van der Waals surface area contributed by atoms with Crippen molar-refractivity contribution in [3.63, 3.8) is 0 Å². The van der Waals surface area contributed by atoms with E-state index in [0.717, 1.165) is 19.3 Å². The summed E-state index contributed by atoms with van der Waals surface area (Å²) in [4.78, 5) is 21.0. The molecule has 1 fully saturated rings. The van der Waals surface area contributed by atoms with E-state index in [1.807, 2.05) is 0 Å². The molecular weight excluding hydrogens is 282 g/mol. The van der Waals surface area contributed by atoms with Crippen LogP contribution in [0.1, 0.15) is 39.5 Å². The molecule has 7 nitrogen and oxygen atoms in total. The van der Waals surface area contributed by atoms with Crippen LogP contribution in [-0.2, 0) is 18.2 Å². The highest BCUT2D eigenvalue weighted by Gasteiger charge is 2.47. The molecule has 0 aromatic carbocycles. The third-order valence-corrected chi connectivity index (χ3v) is 3.92. The minimum Gasteiger partial charge on any atom is -0.566 e. The van der Waals surface area contributed by atoms with Gasteiger partial charge in [0.05, 0.1) is 0 Å². The van der Waals surface area contributed by atoms with Gasteiger partial charge >= 0.3 is 22.5 Å². The smallest absolute Gasteiger partial charge is 0.494 e. The summed E-state index contributed by atoms with van der Waals surface area (Å²) in [5.74, 6) is -2.66. The fraction of sp³-hybridized carbons (Fsp3) is 1.00. The van der Waals surface area contributed by atoms with Gasteiger partial charge < -0.3 is 14.9 Å². The van der Waals surface area contributed by atoms with Crippen molar-refractivity contribution in [2.24, 2.45) is 11.3 Å². The van der Waals surface area contributed by atoms with Gasteiger partial charge in [-0.05, 0) is 39.7 Å². The summed E-state index contributed by atoms with van der Waals surface area (Å²) >= 11 is 0. The lowest BCUT2D eigenvalue weighted by molar-refractivity contribution is -0.323. The molecule has 3 unspecified atom stereocenters. The minimum absolute atomic E-state index is 0.0464. The van der Waals surface area contributed by atoms with Crippen molar-refractivity contribution in [2.45, 2.75) is 45.5 Å². The lowest BCUT2D eigenvalue weighted by atomic mass is 9.90. The second-order valence-electron chi connectivity index (χ2n) is 5.32. The van der Waals surface area contributed by atoms with E-state index in [0.29, 0.717) is 0 Å². The first-order chi connectivity index (χ1) is 8.12. The molecule has 1 aliphatic rings. The summed E-state index contributed by atoms with van der Waals surface area (Å²) in [6.45, 7) is 4.10. The molecule has 18 heavy (non-hydrogen) atoms. The van der Waals surface area contributed by atoms with E-state index in [1.165, 1.54) is 0 Å². The highest BCUT2D eigenvalue weighted by Crippen LogP contribution is 2.46. The fourth-order valence-electron chi connectivity index (χ4n) is 2.44. The predicted octanol–water partition coefficient (Wildman–Crippen LogP) is 0.917. The lowest BCUT2D eigenvalue weighted by Gasteiger charge is -2.22. The van der Waals surface area contributed by atoms with Crippen LogP contribution >= 0.6 is 16.5 Å². The van der Waals surface area contributed by atoms with Gasteiger partial charge in [-0.3, -0.25) is 0 Å². The predicted molar refractivity (Wildman–Crippen MR) is 58.1 cm³/mol. The van der Waals surface area contributed by atoms with Crippen LogP contribution in [0.3, 0.4) is 0 Å². The molecule has 3 atom stereocenters. The molecule has 104 valence electrons. The summed E-state index contributed by atoms with van der Waals surface area (Å²) in [6.07, 6.45) is 2.23. The summed E-state index contributed by atoms with van der Waals surface area (Å²) in [5.41, 5.74) is 0.0882. The second-order valence-corrected chi connectivity index (χ2v) is 6.58. The Kier molecular flexibility index (Phi) is 5.32. The molecule has 9 heteroatoms. The summed E-state index contributed by atoms with van der Waals surface area (Å²) in [5, 5.41) is 9.77. The van der Waals surface area contributed by atoms with Crippen molar-refractivity contribution in [1.82, 2.24) is 0 Å². The van der Waals surface area contributed by atoms with Crippen LogP contribution in [-0.4, -0.2) is 11.1 Å². The van der Waals surface area contributed by atoms with E-state index in [2.05, 4.69) is 22.9 Å². The zero-order chi connectivity index (χ0) is 14.0. The Morgan fingerprint density at radius 1 is 1.33 bits per heavy atom. The van der Waals surface area contributed by atoms with E-state index in [-0.39, 0.29) is 17.8 Å². The van der Waals surface area contributed by atoms with Gasteiger partial charge in [-0.2, -0.15) is 0 Å². The van der Waals surface area contributed by atoms with Gasteiger partial charge in [-0.25, -0.2) is 0 Å². The molecule has 0 bridgehead atoms. The maximum atomic E-state index is 10.5. The fourth-order valence-corrected chi connectivity index (χ4v) is 3.19. The SMILES string of the molecule is CC1(C)CCC(CC(O)(O[P+](=O)[O-])O[P+](=O)[O-])C1. The number of hydrogen-bond donors (Lipinski definition) is 1. The molecule has 1 N–H and O–H groups in total. The first kappa shape index (κ1) is 16.1. The van der Waals surface area contributed by atoms with Crippen LogP contribution in [0, 0.1) is 11.3 Å². The minimum atomic E-state index is -3.41. The van der Waals surface area contributed by atoms with Gasteiger partial charge in [0.25, 0.3) is 0 Å². The molecule has 1 saturated carbocycles. The van der Waals surface area contributed by atoms with E-state index in [1.54, 1.807) is 0 Å². The standard InChI is InChI=1S/C9H16O7P2/c1-8(2)4-3-7(5-8)6-9(10,15-17(11)12)16-18(13)14/h7,10H,3-6H2,1-2H3. The molecule has 0 aromatic rings. The van der Waals surface area contributed by atoms with Crippen LogP contribution in [0.15, 0.2) is 0 Å². The van der Waals surface area contributed by atoms with Crippen molar-refractivity contribution in [3.8, 4) is 0 Å². The summed E-state index contributed by atoms with van der Waals surface area (Å²) in [6, 6.07) is 0. The van der Waals surface area contributed by atoms with Gasteiger partial charge in [0, 0.05) is 6.42 Å². The quantitative estimate of drug-likeness (QED) is 0.572. The monoisotopic (exact) mass is 298 g/mol. The van der Waals surface area contributed by atoms with Crippen LogP contribution in [0.25, 0.3) is 0 Å². The van der Waals surface area contributed by atoms with Crippen LogP contribution < -0.4 is 9.79 Å². The van der Waals surface area contributed by atoms with Crippen molar-refractivity contribution in [1.29, 1.82) is 0 Å². The van der Waals surface area contributed by atoms with Gasteiger partial charge in [0.15, 0.2) is 0 Å². The topological polar surface area (TPSA) is 119 Å². The molecule has 0 aromatic heterocycles. The highest BCUT2D eigenvalue weighted by molar-refractivity contribution is 7.31. The van der Waals surface area contributed by atoms with Gasteiger partial charge in [-0.15, -0.1) is 0 Å². The second kappa shape index (κ2) is 5.97. The Morgan fingerprint density at radius 3 is 2.17 bits per heavy atom. The van der Waals surface area contributed by atoms with Gasteiger partial charge in [0.2, 0.25) is 0 Å². The largest absolute Gasteiger partial charge is 0.566 e. The molecule has 0 saturated heterocycles. The average molecular weight is 298 g/mol. The van der Waals surface area contributed by atoms with E-state index < -0.39 is 22.5 Å². The molecule has 1 rings (SSSR count). The third kappa shape index (κ3) is 5.33. The molecule has 0 radical (unpaired) electrons. The first-order valence-electron chi connectivity index (χ1n) is 5.51. The molecule has 1 aliphatic carbocycles. The zero-order valence-electron chi connectivity index (χ0n) is 10.2. The van der Waals surface area contributed by atoms with E-state index in [4.69, 9.17) is 0 Å². The Morgan fingerprint density at radius 2 is 1.83 bits per heavy atom. The third-order valence-electron chi connectivity index (χ3n) is 3.05. The zero-order valence-corrected chi connectivity index (χ0v) is 12.0. The molecule has 0 heterocycles. The Labute approximate surface area is 107 Å². The Balaban J connectivity index is 2.67. The molecule has 0 aliphatic heterocycles. The van der Waals surface area contributed by atoms with Crippen molar-refractivity contribution in [2.75, 3.05) is 0 Å². The van der Waals surface area contributed by atoms with E-state index >= 15 is 0 Å². The molecular formula is C9H16O7P2. The molecule has 0 amide bonds. The van der Waals surface area contributed by atoms with Gasteiger partial charge in [0.1, 0.15) is 0 Å². The van der Waals surface area contributed by atoms with Crippen LogP contribution in [0.5, 0.6) is 0 Å².